The number of aromatic nitrogens is 1. The van der Waals surface area contributed by atoms with E-state index in [1.54, 1.807) is 13.0 Å². The first-order valence-corrected chi connectivity index (χ1v) is 8.72. The van der Waals surface area contributed by atoms with E-state index in [9.17, 15) is 13.5 Å². The zero-order chi connectivity index (χ0) is 15.8. The zero-order valence-electron chi connectivity index (χ0n) is 12.4. The van der Waals surface area contributed by atoms with Crippen molar-refractivity contribution in [3.63, 3.8) is 0 Å². The average Bonchev–Trinajstić information content (AvgIpc) is 2.67. The number of aryl methyl sites for hydroxylation is 4. The van der Waals surface area contributed by atoms with Gasteiger partial charge in [0.2, 0.25) is 0 Å². The number of benzene rings is 1. The van der Waals surface area contributed by atoms with Crippen LogP contribution >= 0.6 is 11.3 Å². The van der Waals surface area contributed by atoms with Gasteiger partial charge in [-0.25, -0.2) is 13.4 Å². The van der Waals surface area contributed by atoms with Crippen molar-refractivity contribution in [1.29, 1.82) is 0 Å². The van der Waals surface area contributed by atoms with Gasteiger partial charge in [0.15, 0.2) is 5.13 Å². The summed E-state index contributed by atoms with van der Waals surface area (Å²) >= 11 is 1.30. The van der Waals surface area contributed by atoms with E-state index in [4.69, 9.17) is 0 Å². The number of nitrogens with one attached hydrogen (secondary N) is 1. The molecule has 2 aromatic rings. The van der Waals surface area contributed by atoms with E-state index in [0.717, 1.165) is 16.1 Å². The summed E-state index contributed by atoms with van der Waals surface area (Å²) in [6.45, 7) is 7.12. The molecule has 0 spiro atoms. The Morgan fingerprint density at radius 2 is 1.86 bits per heavy atom. The van der Waals surface area contributed by atoms with E-state index in [1.807, 2.05) is 20.8 Å². The van der Waals surface area contributed by atoms with Gasteiger partial charge in [-0.15, -0.1) is 11.3 Å². The summed E-state index contributed by atoms with van der Waals surface area (Å²) in [6, 6.07) is 3.28. The third-order valence-electron chi connectivity index (χ3n) is 3.34. The van der Waals surface area contributed by atoms with E-state index < -0.39 is 10.0 Å². The minimum Gasteiger partial charge on any atom is -0.392 e. The van der Waals surface area contributed by atoms with Crippen molar-refractivity contribution >= 4 is 26.5 Å². The average molecular weight is 326 g/mol. The van der Waals surface area contributed by atoms with Gasteiger partial charge in [-0.3, -0.25) is 4.72 Å². The third kappa shape index (κ3) is 3.25. The van der Waals surface area contributed by atoms with Crippen LogP contribution in [0.4, 0.5) is 5.13 Å². The molecule has 0 bridgehead atoms. The summed E-state index contributed by atoms with van der Waals surface area (Å²) in [5.74, 6) is 0. The summed E-state index contributed by atoms with van der Waals surface area (Å²) in [5.41, 5.74) is 2.93. The first-order chi connectivity index (χ1) is 9.74. The van der Waals surface area contributed by atoms with Crippen molar-refractivity contribution in [2.24, 2.45) is 0 Å². The fourth-order valence-corrected chi connectivity index (χ4v) is 4.35. The van der Waals surface area contributed by atoms with Gasteiger partial charge >= 0.3 is 0 Å². The van der Waals surface area contributed by atoms with Crippen molar-refractivity contribution in [2.45, 2.75) is 39.2 Å². The van der Waals surface area contributed by atoms with E-state index >= 15 is 0 Å². The van der Waals surface area contributed by atoms with Crippen LogP contribution in [-0.2, 0) is 16.6 Å². The summed E-state index contributed by atoms with van der Waals surface area (Å²) < 4.78 is 27.5. The lowest BCUT2D eigenvalue weighted by Crippen LogP contribution is -2.15. The van der Waals surface area contributed by atoms with Gasteiger partial charge in [-0.1, -0.05) is 6.07 Å². The predicted octanol–water partition coefficient (Wildman–Crippen LogP) is 2.67. The van der Waals surface area contributed by atoms with E-state index in [2.05, 4.69) is 9.71 Å². The van der Waals surface area contributed by atoms with E-state index in [1.165, 1.54) is 17.4 Å². The lowest BCUT2D eigenvalue weighted by molar-refractivity contribution is 0.280. The molecule has 5 nitrogen and oxygen atoms in total. The fourth-order valence-electron chi connectivity index (χ4n) is 2.02. The molecule has 0 saturated heterocycles. The number of aliphatic hydroxyl groups excluding tert-OH is 1. The molecule has 7 heteroatoms. The predicted molar refractivity (Wildman–Crippen MR) is 84.2 cm³/mol. The van der Waals surface area contributed by atoms with Crippen molar-refractivity contribution < 1.29 is 13.5 Å². The molecule has 0 fully saturated rings. The van der Waals surface area contributed by atoms with Gasteiger partial charge in [-0.05, 0) is 50.5 Å². The lowest BCUT2D eigenvalue weighted by atomic mass is 10.1. The fraction of sp³-hybridized carbons (Fsp3) is 0.357. The maximum atomic E-state index is 12.5. The number of aliphatic hydroxyl groups is 1. The molecular formula is C14H18N2O3S2. The Bertz CT molecular complexity index is 760. The quantitative estimate of drug-likeness (QED) is 0.905. The van der Waals surface area contributed by atoms with E-state index in [0.29, 0.717) is 16.3 Å². The Kier molecular flexibility index (Phi) is 4.36. The second-order valence-corrected chi connectivity index (χ2v) is 7.82. The Hall–Kier alpha value is -1.44. The Balaban J connectivity index is 2.44. The van der Waals surface area contributed by atoms with Gasteiger partial charge in [-0.2, -0.15) is 0 Å². The molecule has 0 radical (unpaired) electrons. The van der Waals surface area contributed by atoms with Crippen molar-refractivity contribution in [2.75, 3.05) is 4.72 Å². The molecule has 1 heterocycles. The normalized spacial score (nSPS) is 11.7. The molecule has 0 unspecified atom stereocenters. The van der Waals surface area contributed by atoms with Crippen LogP contribution < -0.4 is 4.72 Å². The van der Waals surface area contributed by atoms with Gasteiger partial charge in [0.05, 0.1) is 17.2 Å². The standard InChI is InChI=1S/C14H18N2O3S2/c1-8-5-9(2)13(6-12(8)7-17)21(18,19)16-14-15-10(3)11(4)20-14/h5-6,17H,7H2,1-4H3,(H,15,16). The van der Waals surface area contributed by atoms with Crippen LogP contribution in [0.1, 0.15) is 27.3 Å². The van der Waals surface area contributed by atoms with E-state index in [-0.39, 0.29) is 11.5 Å². The maximum Gasteiger partial charge on any atom is 0.263 e. The highest BCUT2D eigenvalue weighted by Crippen LogP contribution is 2.26. The SMILES string of the molecule is Cc1cc(C)c(S(=O)(=O)Nc2nc(C)c(C)s2)cc1CO. The number of rotatable bonds is 4. The van der Waals surface area contributed by atoms with Gasteiger partial charge in [0, 0.05) is 4.88 Å². The summed E-state index contributed by atoms with van der Waals surface area (Å²) in [5, 5.41) is 9.66. The molecule has 0 aliphatic rings. The van der Waals surface area contributed by atoms with Gasteiger partial charge < -0.3 is 5.11 Å². The maximum absolute atomic E-state index is 12.5. The molecule has 0 atom stereocenters. The van der Waals surface area contributed by atoms with Crippen molar-refractivity contribution in [3.05, 3.63) is 39.4 Å². The third-order valence-corrected chi connectivity index (χ3v) is 5.94. The highest BCUT2D eigenvalue weighted by molar-refractivity contribution is 7.93. The first kappa shape index (κ1) is 15.9. The van der Waals surface area contributed by atoms with Crippen molar-refractivity contribution in [1.82, 2.24) is 4.98 Å². The highest BCUT2D eigenvalue weighted by atomic mass is 32.2. The molecule has 21 heavy (non-hydrogen) atoms. The number of hydrogen-bond acceptors (Lipinski definition) is 5. The zero-order valence-corrected chi connectivity index (χ0v) is 14.0. The molecule has 2 rings (SSSR count). The molecular weight excluding hydrogens is 308 g/mol. The van der Waals surface area contributed by atoms with Crippen LogP contribution in [0.2, 0.25) is 0 Å². The largest absolute Gasteiger partial charge is 0.392 e. The molecule has 0 amide bonds. The Morgan fingerprint density at radius 3 is 2.38 bits per heavy atom. The molecule has 1 aromatic carbocycles. The Labute approximate surface area is 128 Å². The molecule has 1 aromatic heterocycles. The number of anilines is 1. The van der Waals surface area contributed by atoms with Gasteiger partial charge in [0.25, 0.3) is 10.0 Å². The monoisotopic (exact) mass is 326 g/mol. The van der Waals surface area contributed by atoms with Crippen molar-refractivity contribution in [3.8, 4) is 0 Å². The van der Waals surface area contributed by atoms with Crippen LogP contribution in [0.25, 0.3) is 0 Å². The topological polar surface area (TPSA) is 79.3 Å². The van der Waals surface area contributed by atoms with Crippen LogP contribution in [0.3, 0.4) is 0 Å². The second-order valence-electron chi connectivity index (χ2n) is 4.97. The van der Waals surface area contributed by atoms with Crippen LogP contribution in [0.5, 0.6) is 0 Å². The highest BCUT2D eigenvalue weighted by Gasteiger charge is 2.20. The second kappa shape index (κ2) is 5.75. The number of sulfonamides is 1. The van der Waals surface area contributed by atoms with Crippen LogP contribution in [0, 0.1) is 27.7 Å². The summed E-state index contributed by atoms with van der Waals surface area (Å²) in [6.07, 6.45) is 0. The number of nitrogens with zero attached hydrogens (tertiary/aromatic N) is 1. The summed E-state index contributed by atoms with van der Waals surface area (Å²) in [4.78, 5) is 5.33. The molecule has 0 aliphatic carbocycles. The minimum absolute atomic E-state index is 0.169. The minimum atomic E-state index is -3.71. The molecule has 114 valence electrons. The smallest absolute Gasteiger partial charge is 0.263 e. The first-order valence-electron chi connectivity index (χ1n) is 6.42. The molecule has 2 N–H and O–H groups in total. The lowest BCUT2D eigenvalue weighted by Gasteiger charge is -2.12. The van der Waals surface area contributed by atoms with Gasteiger partial charge in [0.1, 0.15) is 0 Å². The number of hydrogen-bond donors (Lipinski definition) is 2. The van der Waals surface area contributed by atoms with Crippen LogP contribution in [-0.4, -0.2) is 18.5 Å². The van der Waals surface area contributed by atoms with Crippen LogP contribution in [0.15, 0.2) is 17.0 Å². The summed E-state index contributed by atoms with van der Waals surface area (Å²) in [7, 11) is -3.71. The molecule has 0 saturated carbocycles. The molecule has 0 aliphatic heterocycles. The number of thiazole rings is 1. The Morgan fingerprint density at radius 1 is 1.19 bits per heavy atom.